The number of esters is 2. The van der Waals surface area contributed by atoms with Crippen LogP contribution in [0.5, 0.6) is 0 Å². The van der Waals surface area contributed by atoms with Gasteiger partial charge in [-0.15, -0.1) is 13.2 Å². The number of rotatable bonds is 13. The zero-order valence-electron chi connectivity index (χ0n) is 30.8. The molecule has 260 valence electrons. The molecule has 0 saturated carbocycles. The fraction of sp³-hybridized carbons (Fsp3) is 0.737. The van der Waals surface area contributed by atoms with Crippen LogP contribution < -0.4 is 0 Å². The van der Waals surface area contributed by atoms with E-state index in [-0.39, 0.29) is 70.1 Å². The molecule has 0 aromatic rings. The van der Waals surface area contributed by atoms with Gasteiger partial charge in [0.05, 0.1) is 24.5 Å². The number of allylic oxidation sites excluding steroid dienone is 4. The summed E-state index contributed by atoms with van der Waals surface area (Å²) in [4.78, 5) is 26.3. The Morgan fingerprint density at radius 3 is 2.13 bits per heavy atom. The molecule has 1 saturated heterocycles. The van der Waals surface area contributed by atoms with E-state index in [4.69, 9.17) is 18.3 Å². The standard InChI is InChI=1S/C38H64O6Si2/c1-14-16-27(17-15-2)36(40)42-33-24-30(43-45(10,11)37(4,5)6)22-28-19-18-26(3)32(35(28)33)21-20-29-23-31(25-34(39)41-29)44-46(12,13)38(7,8)9/h14-15,18-19,22,26-27,29-33,35H,1-2,16-17,20-21,23-25H2,3-13H3. The molecular weight excluding hydrogens is 609 g/mol. The van der Waals surface area contributed by atoms with Gasteiger partial charge in [-0.05, 0) is 79.4 Å². The third-order valence-electron chi connectivity index (χ3n) is 11.4. The van der Waals surface area contributed by atoms with Crippen LogP contribution in [0.15, 0.2) is 49.1 Å². The molecule has 7 unspecified atom stereocenters. The average Bonchev–Trinajstić information content (AvgIpc) is 2.90. The molecule has 2 aliphatic carbocycles. The van der Waals surface area contributed by atoms with Crippen LogP contribution in [0.4, 0.5) is 0 Å². The highest BCUT2D eigenvalue weighted by Gasteiger charge is 2.47. The molecule has 0 aromatic carbocycles. The van der Waals surface area contributed by atoms with Crippen LogP contribution in [-0.4, -0.2) is 53.0 Å². The summed E-state index contributed by atoms with van der Waals surface area (Å²) < 4.78 is 26.0. The van der Waals surface area contributed by atoms with Crippen molar-refractivity contribution in [3.63, 3.8) is 0 Å². The van der Waals surface area contributed by atoms with Gasteiger partial charge < -0.3 is 18.3 Å². The van der Waals surface area contributed by atoms with E-state index in [1.807, 2.05) is 0 Å². The maximum Gasteiger partial charge on any atom is 0.309 e. The van der Waals surface area contributed by atoms with E-state index in [1.54, 1.807) is 12.2 Å². The summed E-state index contributed by atoms with van der Waals surface area (Å²) in [5.41, 5.74) is 1.19. The summed E-state index contributed by atoms with van der Waals surface area (Å²) in [7, 11) is -4.09. The maximum atomic E-state index is 13.6. The highest BCUT2D eigenvalue weighted by atomic mass is 28.4. The van der Waals surface area contributed by atoms with Crippen molar-refractivity contribution in [2.45, 2.75) is 154 Å². The Bertz CT molecular complexity index is 1150. The summed E-state index contributed by atoms with van der Waals surface area (Å²) in [5.74, 6) is -0.0708. The molecule has 46 heavy (non-hydrogen) atoms. The van der Waals surface area contributed by atoms with Gasteiger partial charge in [0.15, 0.2) is 16.6 Å². The summed E-state index contributed by atoms with van der Waals surface area (Å²) in [6, 6.07) is 0. The van der Waals surface area contributed by atoms with Gasteiger partial charge in [0, 0.05) is 18.8 Å². The molecule has 3 rings (SSSR count). The van der Waals surface area contributed by atoms with E-state index in [9.17, 15) is 9.59 Å². The first-order valence-electron chi connectivity index (χ1n) is 17.6. The Kier molecular flexibility index (Phi) is 12.8. The van der Waals surface area contributed by atoms with Gasteiger partial charge in [-0.25, -0.2) is 0 Å². The molecule has 0 N–H and O–H groups in total. The molecule has 1 fully saturated rings. The summed E-state index contributed by atoms with van der Waals surface area (Å²) >= 11 is 0. The van der Waals surface area contributed by atoms with E-state index in [2.05, 4.69) is 106 Å². The smallest absolute Gasteiger partial charge is 0.309 e. The van der Waals surface area contributed by atoms with Crippen molar-refractivity contribution < 1.29 is 27.9 Å². The topological polar surface area (TPSA) is 71.1 Å². The molecule has 1 heterocycles. The summed E-state index contributed by atoms with van der Waals surface area (Å²) in [5, 5.41) is 0.142. The Hall–Kier alpha value is -1.75. The van der Waals surface area contributed by atoms with Gasteiger partial charge in [0.25, 0.3) is 0 Å². The van der Waals surface area contributed by atoms with Crippen molar-refractivity contribution in [1.82, 2.24) is 0 Å². The predicted molar refractivity (Wildman–Crippen MR) is 193 cm³/mol. The highest BCUT2D eigenvalue weighted by molar-refractivity contribution is 6.74. The first kappa shape index (κ1) is 38.7. The second-order valence-electron chi connectivity index (χ2n) is 17.1. The Labute approximate surface area is 282 Å². The number of fused-ring (bicyclic) bond motifs is 1. The number of carbonyl (C=O) groups is 2. The van der Waals surface area contributed by atoms with E-state index >= 15 is 0 Å². The van der Waals surface area contributed by atoms with Gasteiger partial charge in [0.2, 0.25) is 0 Å². The molecule has 1 aliphatic heterocycles. The minimum absolute atomic E-state index is 0.0508. The molecule has 0 amide bonds. The van der Waals surface area contributed by atoms with Crippen LogP contribution in [0.1, 0.15) is 93.4 Å². The molecule has 0 bridgehead atoms. The number of ether oxygens (including phenoxy) is 2. The maximum absolute atomic E-state index is 13.6. The molecule has 6 nitrogen and oxygen atoms in total. The first-order valence-corrected chi connectivity index (χ1v) is 23.4. The lowest BCUT2D eigenvalue weighted by Crippen LogP contribution is -2.48. The van der Waals surface area contributed by atoms with Crippen LogP contribution in [0.25, 0.3) is 0 Å². The van der Waals surface area contributed by atoms with E-state index in [1.165, 1.54) is 5.57 Å². The summed E-state index contributed by atoms with van der Waals surface area (Å²) in [6.45, 7) is 32.5. The number of cyclic esters (lactones) is 1. The number of hydrogen-bond acceptors (Lipinski definition) is 6. The molecule has 0 aromatic heterocycles. The second kappa shape index (κ2) is 15.2. The van der Waals surface area contributed by atoms with Crippen molar-refractivity contribution >= 4 is 28.6 Å². The fourth-order valence-electron chi connectivity index (χ4n) is 6.63. The van der Waals surface area contributed by atoms with Crippen LogP contribution in [-0.2, 0) is 27.9 Å². The molecule has 0 radical (unpaired) electrons. The third-order valence-corrected chi connectivity index (χ3v) is 20.5. The molecule has 8 heteroatoms. The number of carbonyl (C=O) groups excluding carboxylic acids is 2. The zero-order chi connectivity index (χ0) is 34.7. The van der Waals surface area contributed by atoms with E-state index < -0.39 is 16.6 Å². The minimum Gasteiger partial charge on any atom is -0.462 e. The third kappa shape index (κ3) is 9.67. The van der Waals surface area contributed by atoms with Gasteiger partial charge in [0.1, 0.15) is 12.2 Å². The van der Waals surface area contributed by atoms with Crippen molar-refractivity contribution in [2.24, 2.45) is 23.7 Å². The summed E-state index contributed by atoms with van der Waals surface area (Å²) in [6.07, 6.45) is 14.1. The Morgan fingerprint density at radius 2 is 1.57 bits per heavy atom. The zero-order valence-corrected chi connectivity index (χ0v) is 32.8. The quantitative estimate of drug-likeness (QED) is 0.110. The van der Waals surface area contributed by atoms with Crippen LogP contribution in [0.2, 0.25) is 36.3 Å². The van der Waals surface area contributed by atoms with Crippen molar-refractivity contribution in [3.8, 4) is 0 Å². The van der Waals surface area contributed by atoms with E-state index in [0.29, 0.717) is 25.7 Å². The molecule has 3 aliphatic rings. The largest absolute Gasteiger partial charge is 0.462 e. The SMILES string of the molecule is C=CCC(CC=C)C(=O)OC1CC(O[Si](C)(C)C(C)(C)C)C=C2C=CC(C)C(CCC3CC(O[Si](C)(C)C(C)(C)C)CC(=O)O3)C21. The molecular formula is C38H64O6Si2. The van der Waals surface area contributed by atoms with Gasteiger partial charge in [-0.2, -0.15) is 0 Å². The number of hydrogen-bond donors (Lipinski definition) is 0. The Morgan fingerprint density at radius 1 is 0.978 bits per heavy atom. The van der Waals surface area contributed by atoms with Crippen molar-refractivity contribution in [3.05, 3.63) is 49.1 Å². The normalized spacial score (nSPS) is 29.1. The van der Waals surface area contributed by atoms with E-state index in [0.717, 1.165) is 19.3 Å². The van der Waals surface area contributed by atoms with Crippen LogP contribution >= 0.6 is 0 Å². The van der Waals surface area contributed by atoms with Crippen molar-refractivity contribution in [2.75, 3.05) is 0 Å². The highest BCUT2D eigenvalue weighted by Crippen LogP contribution is 2.47. The monoisotopic (exact) mass is 672 g/mol. The first-order chi connectivity index (χ1) is 21.2. The lowest BCUT2D eigenvalue weighted by Gasteiger charge is -2.46. The molecule has 0 spiro atoms. The predicted octanol–water partition coefficient (Wildman–Crippen LogP) is 9.70. The average molecular weight is 673 g/mol. The Balaban J connectivity index is 1.86. The van der Waals surface area contributed by atoms with Crippen LogP contribution in [0.3, 0.4) is 0 Å². The van der Waals surface area contributed by atoms with Gasteiger partial charge in [-0.3, -0.25) is 9.59 Å². The minimum atomic E-state index is -2.07. The lowest BCUT2D eigenvalue weighted by atomic mass is 9.66. The fourth-order valence-corrected chi connectivity index (χ4v) is 9.27. The van der Waals surface area contributed by atoms with Gasteiger partial charge >= 0.3 is 11.9 Å². The van der Waals surface area contributed by atoms with Crippen molar-refractivity contribution in [1.29, 1.82) is 0 Å². The lowest BCUT2D eigenvalue weighted by molar-refractivity contribution is -0.162. The molecule has 7 atom stereocenters. The van der Waals surface area contributed by atoms with Crippen LogP contribution in [0, 0.1) is 23.7 Å². The second-order valence-corrected chi connectivity index (χ2v) is 26.6. The van der Waals surface area contributed by atoms with Gasteiger partial charge in [-0.1, -0.05) is 78.8 Å².